The molecule has 3 heterocycles. The van der Waals surface area contributed by atoms with E-state index in [0.717, 1.165) is 25.3 Å². The van der Waals surface area contributed by atoms with Crippen molar-refractivity contribution in [2.24, 2.45) is 0 Å². The van der Waals surface area contributed by atoms with Crippen LogP contribution in [0.25, 0.3) is 5.65 Å². The van der Waals surface area contributed by atoms with Crippen molar-refractivity contribution < 1.29 is 4.79 Å². The molecule has 4 aromatic rings. The number of hydrogen-bond donors (Lipinski definition) is 1. The molecular formula is C23H20ClN5O. The molecule has 0 fully saturated rings. The number of amides is 1. The van der Waals surface area contributed by atoms with Gasteiger partial charge in [-0.25, -0.2) is 9.50 Å². The first kappa shape index (κ1) is 18.6. The van der Waals surface area contributed by atoms with Gasteiger partial charge < -0.3 is 10.2 Å². The Morgan fingerprint density at radius 1 is 1.10 bits per heavy atom. The molecule has 2 aromatic carbocycles. The van der Waals surface area contributed by atoms with Gasteiger partial charge in [-0.3, -0.25) is 4.79 Å². The zero-order chi connectivity index (χ0) is 20.7. The van der Waals surface area contributed by atoms with Crippen molar-refractivity contribution in [3.63, 3.8) is 0 Å². The normalized spacial score (nSPS) is 13.3. The molecule has 1 amide bonds. The third-order valence-electron chi connectivity index (χ3n) is 5.50. The summed E-state index contributed by atoms with van der Waals surface area (Å²) in [4.78, 5) is 19.2. The van der Waals surface area contributed by atoms with Gasteiger partial charge in [0.25, 0.3) is 5.91 Å². The first-order valence-electron chi connectivity index (χ1n) is 9.83. The molecule has 0 spiro atoms. The van der Waals surface area contributed by atoms with Crippen molar-refractivity contribution >= 4 is 34.8 Å². The van der Waals surface area contributed by atoms with Crippen LogP contribution in [0.5, 0.6) is 0 Å². The predicted octanol–water partition coefficient (Wildman–Crippen LogP) is 4.51. The highest BCUT2D eigenvalue weighted by atomic mass is 35.5. The lowest BCUT2D eigenvalue weighted by Crippen LogP contribution is -2.31. The quantitative estimate of drug-likeness (QED) is 0.533. The van der Waals surface area contributed by atoms with Crippen LogP contribution in [-0.2, 0) is 13.0 Å². The number of aryl methyl sites for hydroxylation is 1. The van der Waals surface area contributed by atoms with E-state index in [0.29, 0.717) is 22.1 Å². The zero-order valence-electron chi connectivity index (χ0n) is 16.5. The van der Waals surface area contributed by atoms with Crippen LogP contribution < -0.4 is 10.2 Å². The van der Waals surface area contributed by atoms with Gasteiger partial charge in [-0.15, -0.1) is 5.10 Å². The largest absolute Gasteiger partial charge is 0.350 e. The van der Waals surface area contributed by atoms with Gasteiger partial charge in [-0.05, 0) is 54.3 Å². The third kappa shape index (κ3) is 3.39. The Morgan fingerprint density at radius 2 is 1.97 bits per heavy atom. The highest BCUT2D eigenvalue weighted by Crippen LogP contribution is 2.26. The number of carbonyl (C=O) groups is 1. The average molecular weight is 418 g/mol. The van der Waals surface area contributed by atoms with E-state index in [1.165, 1.54) is 16.7 Å². The molecule has 1 aliphatic heterocycles. The monoisotopic (exact) mass is 417 g/mol. The zero-order valence-corrected chi connectivity index (χ0v) is 17.2. The van der Waals surface area contributed by atoms with Crippen molar-refractivity contribution in [1.29, 1.82) is 0 Å². The fraction of sp³-hybridized carbons (Fsp3) is 0.174. The molecule has 0 saturated carbocycles. The summed E-state index contributed by atoms with van der Waals surface area (Å²) in [5.41, 5.74) is 5.18. The number of benzene rings is 2. The van der Waals surface area contributed by atoms with Gasteiger partial charge in [0, 0.05) is 13.1 Å². The number of nitrogens with one attached hydrogen (secondary N) is 1. The maximum Gasteiger partial charge on any atom is 0.258 e. The molecule has 5 rings (SSSR count). The second-order valence-corrected chi connectivity index (χ2v) is 7.85. The minimum atomic E-state index is -0.299. The van der Waals surface area contributed by atoms with Crippen LogP contribution in [0.3, 0.4) is 0 Å². The van der Waals surface area contributed by atoms with Crippen molar-refractivity contribution in [3.05, 3.63) is 88.1 Å². The highest BCUT2D eigenvalue weighted by molar-refractivity contribution is 6.34. The molecule has 0 bridgehead atoms. The van der Waals surface area contributed by atoms with E-state index in [9.17, 15) is 4.79 Å². The summed E-state index contributed by atoms with van der Waals surface area (Å²) in [6.45, 7) is 3.91. The second-order valence-electron chi connectivity index (χ2n) is 7.44. The van der Waals surface area contributed by atoms with Crippen LogP contribution in [0.15, 0.2) is 60.8 Å². The molecule has 6 nitrogen and oxygen atoms in total. The molecule has 0 unspecified atom stereocenters. The molecule has 0 radical (unpaired) electrons. The average Bonchev–Trinajstić information content (AvgIpc) is 3.15. The van der Waals surface area contributed by atoms with Crippen molar-refractivity contribution in [2.45, 2.75) is 19.9 Å². The van der Waals surface area contributed by atoms with Crippen molar-refractivity contribution in [1.82, 2.24) is 14.6 Å². The van der Waals surface area contributed by atoms with Crippen LogP contribution in [-0.4, -0.2) is 27.0 Å². The number of rotatable bonds is 3. The van der Waals surface area contributed by atoms with E-state index in [-0.39, 0.29) is 5.91 Å². The van der Waals surface area contributed by atoms with Gasteiger partial charge in [-0.1, -0.05) is 41.9 Å². The van der Waals surface area contributed by atoms with E-state index >= 15 is 0 Å². The Morgan fingerprint density at radius 3 is 2.83 bits per heavy atom. The lowest BCUT2D eigenvalue weighted by Gasteiger charge is -2.30. The van der Waals surface area contributed by atoms with Crippen LogP contribution in [0, 0.1) is 6.92 Å². The Hall–Kier alpha value is -3.38. The van der Waals surface area contributed by atoms with Gasteiger partial charge >= 0.3 is 0 Å². The Bertz CT molecular complexity index is 1270. The topological polar surface area (TPSA) is 62.5 Å². The van der Waals surface area contributed by atoms with Crippen molar-refractivity contribution in [2.75, 3.05) is 16.8 Å². The number of fused-ring (bicyclic) bond motifs is 2. The number of imidazole rings is 1. The van der Waals surface area contributed by atoms with Crippen LogP contribution in [0.4, 0.5) is 11.6 Å². The van der Waals surface area contributed by atoms with Gasteiger partial charge in [0.2, 0.25) is 0 Å². The molecule has 0 aliphatic carbocycles. The molecule has 150 valence electrons. The molecule has 2 aromatic heterocycles. The third-order valence-corrected chi connectivity index (χ3v) is 5.83. The summed E-state index contributed by atoms with van der Waals surface area (Å²) in [7, 11) is 0. The van der Waals surface area contributed by atoms with E-state index in [1.54, 1.807) is 35.0 Å². The maximum atomic E-state index is 12.5. The minimum Gasteiger partial charge on any atom is -0.350 e. The standard InChI is InChI=1S/C23H20ClN5O/c1-15-5-4-6-16-11-12-28(13-18(15)16)22-10-9-21-25-20(14-29(21)27-22)26-23(30)17-7-2-3-8-19(17)24/h2-10,14H,11-13H2,1H3,(H,26,30). The van der Waals surface area contributed by atoms with Gasteiger partial charge in [0.05, 0.1) is 16.8 Å². The number of carbonyl (C=O) groups excluding carboxylic acids is 1. The van der Waals surface area contributed by atoms with E-state index in [4.69, 9.17) is 16.7 Å². The molecule has 7 heteroatoms. The van der Waals surface area contributed by atoms with Gasteiger partial charge in [-0.2, -0.15) is 0 Å². The molecule has 0 saturated heterocycles. The molecule has 0 atom stereocenters. The lowest BCUT2D eigenvalue weighted by atomic mass is 9.96. The Balaban J connectivity index is 1.39. The van der Waals surface area contributed by atoms with E-state index in [2.05, 4.69) is 40.3 Å². The number of aromatic nitrogens is 3. The van der Waals surface area contributed by atoms with Crippen LogP contribution in [0.1, 0.15) is 27.0 Å². The summed E-state index contributed by atoms with van der Waals surface area (Å²) >= 11 is 6.11. The Kier molecular flexibility index (Phi) is 4.64. The molecular weight excluding hydrogens is 398 g/mol. The van der Waals surface area contributed by atoms with Crippen LogP contribution >= 0.6 is 11.6 Å². The Labute approximate surface area is 179 Å². The smallest absolute Gasteiger partial charge is 0.258 e. The minimum absolute atomic E-state index is 0.299. The first-order chi connectivity index (χ1) is 14.6. The first-order valence-corrected chi connectivity index (χ1v) is 10.2. The summed E-state index contributed by atoms with van der Waals surface area (Å²) in [5, 5.41) is 7.92. The number of anilines is 2. The van der Waals surface area contributed by atoms with Crippen molar-refractivity contribution in [3.8, 4) is 0 Å². The summed E-state index contributed by atoms with van der Waals surface area (Å²) in [5.74, 6) is 1.02. The predicted molar refractivity (Wildman–Crippen MR) is 118 cm³/mol. The number of halogens is 1. The number of nitrogens with zero attached hydrogens (tertiary/aromatic N) is 4. The summed E-state index contributed by atoms with van der Waals surface area (Å²) in [6, 6.07) is 17.3. The van der Waals surface area contributed by atoms with E-state index < -0.39 is 0 Å². The van der Waals surface area contributed by atoms with Crippen LogP contribution in [0.2, 0.25) is 5.02 Å². The van der Waals surface area contributed by atoms with Gasteiger partial charge in [0.15, 0.2) is 11.5 Å². The fourth-order valence-electron chi connectivity index (χ4n) is 3.87. The number of hydrogen-bond acceptors (Lipinski definition) is 4. The summed E-state index contributed by atoms with van der Waals surface area (Å²) in [6.07, 6.45) is 2.72. The van der Waals surface area contributed by atoms with Gasteiger partial charge in [0.1, 0.15) is 5.82 Å². The highest BCUT2D eigenvalue weighted by Gasteiger charge is 2.19. The molecule has 30 heavy (non-hydrogen) atoms. The lowest BCUT2D eigenvalue weighted by molar-refractivity contribution is 0.102. The molecule has 1 aliphatic rings. The second kappa shape index (κ2) is 7.46. The SMILES string of the molecule is Cc1cccc2c1CN(c1ccc3nc(NC(=O)c4ccccc4Cl)cn3n1)CC2. The van der Waals surface area contributed by atoms with E-state index in [1.807, 2.05) is 12.1 Å². The molecule has 1 N–H and O–H groups in total. The fourth-order valence-corrected chi connectivity index (χ4v) is 4.10. The summed E-state index contributed by atoms with van der Waals surface area (Å²) < 4.78 is 1.70. The maximum absolute atomic E-state index is 12.5.